The van der Waals surface area contributed by atoms with Crippen LogP contribution in [0.4, 0.5) is 10.1 Å². The number of halogens is 1. The van der Waals surface area contributed by atoms with Crippen LogP contribution in [0.1, 0.15) is 47.2 Å². The number of carbonyl (C=O) groups is 3. The summed E-state index contributed by atoms with van der Waals surface area (Å²) in [5.74, 6) is -0.107. The van der Waals surface area contributed by atoms with Crippen LogP contribution >= 0.6 is 0 Å². The lowest BCUT2D eigenvalue weighted by molar-refractivity contribution is -0.125. The molecule has 0 spiro atoms. The molecule has 2 saturated heterocycles. The van der Waals surface area contributed by atoms with Crippen LogP contribution in [-0.2, 0) is 22.6 Å². The van der Waals surface area contributed by atoms with Gasteiger partial charge < -0.3 is 34.6 Å². The zero-order chi connectivity index (χ0) is 32.0. The summed E-state index contributed by atoms with van der Waals surface area (Å²) in [6.07, 6.45) is 2.84. The standard InChI is InChI=1S/C35H39FN4O6/c1-44-31-10-4-23-5-11-33(41)37-20-24-16-26(36)19-28(17-24)46-30-12-15-40(21-29(30)38-34(42)22-45-32(31)18-23)35(43)25-6-8-27(9-7-25)39-13-2-3-14-39/h4,6-10,16-19,29-30H,2-3,5,11-15,20-22H2,1H3,(H,37,41)(H,38,42)/t29-,30-/m1/s1. The van der Waals surface area contributed by atoms with E-state index in [1.165, 1.54) is 32.1 Å². The molecule has 242 valence electrons. The van der Waals surface area contributed by atoms with Crippen molar-refractivity contribution in [2.75, 3.05) is 44.8 Å². The zero-order valence-electron chi connectivity index (χ0n) is 25.9. The van der Waals surface area contributed by atoms with Gasteiger partial charge >= 0.3 is 0 Å². The van der Waals surface area contributed by atoms with Crippen LogP contribution < -0.4 is 29.7 Å². The smallest absolute Gasteiger partial charge is 0.258 e. The van der Waals surface area contributed by atoms with Crippen LogP contribution in [0, 0.1) is 5.82 Å². The first-order valence-electron chi connectivity index (χ1n) is 15.8. The maximum Gasteiger partial charge on any atom is 0.258 e. The van der Waals surface area contributed by atoms with Crippen molar-refractivity contribution in [3.8, 4) is 17.2 Å². The summed E-state index contributed by atoms with van der Waals surface area (Å²) in [4.78, 5) is 43.5. The number of fused-ring (bicyclic) bond motifs is 5. The number of likely N-dealkylation sites (tertiary alicyclic amines) is 1. The highest BCUT2D eigenvalue weighted by Gasteiger charge is 2.35. The van der Waals surface area contributed by atoms with Crippen LogP contribution in [0.15, 0.2) is 60.7 Å². The van der Waals surface area contributed by atoms with Gasteiger partial charge in [-0.25, -0.2) is 4.39 Å². The fraction of sp³-hybridized carbons (Fsp3) is 0.400. The van der Waals surface area contributed by atoms with E-state index in [0.717, 1.165) is 24.3 Å². The molecule has 46 heavy (non-hydrogen) atoms. The van der Waals surface area contributed by atoms with Gasteiger partial charge in [-0.15, -0.1) is 0 Å². The largest absolute Gasteiger partial charge is 0.493 e. The Hall–Kier alpha value is -4.80. The summed E-state index contributed by atoms with van der Waals surface area (Å²) in [6.45, 7) is 2.45. The van der Waals surface area contributed by atoms with Crippen LogP contribution in [0.3, 0.4) is 0 Å². The van der Waals surface area contributed by atoms with E-state index in [4.69, 9.17) is 14.2 Å². The normalized spacial score (nSPS) is 20.7. The topological polar surface area (TPSA) is 109 Å². The Balaban J connectivity index is 1.23. The Kier molecular flexibility index (Phi) is 9.56. The molecular formula is C35H39FN4O6. The van der Waals surface area contributed by atoms with Gasteiger partial charge in [0.25, 0.3) is 11.8 Å². The second-order valence-corrected chi connectivity index (χ2v) is 12.0. The molecule has 4 bridgehead atoms. The van der Waals surface area contributed by atoms with E-state index in [1.54, 1.807) is 23.1 Å². The third kappa shape index (κ3) is 7.52. The molecule has 0 aliphatic carbocycles. The predicted molar refractivity (Wildman–Crippen MR) is 170 cm³/mol. The SMILES string of the molecule is COc1ccc2cc1OCC(=O)N[C@@H]1CN(C(=O)c3ccc(N4CCCC4)cc3)CC[C@H]1Oc1cc(F)cc(c1)CNC(=O)CC2. The number of aryl methyl sites for hydroxylation is 1. The molecule has 11 heteroatoms. The minimum Gasteiger partial charge on any atom is -0.493 e. The molecule has 10 nitrogen and oxygen atoms in total. The van der Waals surface area contributed by atoms with Gasteiger partial charge in [0.2, 0.25) is 5.91 Å². The van der Waals surface area contributed by atoms with Gasteiger partial charge in [0, 0.05) is 62.9 Å². The molecule has 2 fully saturated rings. The molecule has 0 saturated carbocycles. The molecule has 3 amide bonds. The Morgan fingerprint density at radius 3 is 2.52 bits per heavy atom. The molecule has 3 aromatic carbocycles. The monoisotopic (exact) mass is 630 g/mol. The molecule has 3 aliphatic heterocycles. The number of amides is 3. The van der Waals surface area contributed by atoms with Crippen molar-refractivity contribution in [2.24, 2.45) is 0 Å². The summed E-state index contributed by atoms with van der Waals surface area (Å²) in [7, 11) is 1.51. The van der Waals surface area contributed by atoms with Gasteiger partial charge in [0.15, 0.2) is 18.1 Å². The van der Waals surface area contributed by atoms with Gasteiger partial charge in [-0.2, -0.15) is 0 Å². The van der Waals surface area contributed by atoms with E-state index in [9.17, 15) is 18.8 Å². The summed E-state index contributed by atoms with van der Waals surface area (Å²) in [5.41, 5.74) is 3.06. The number of ether oxygens (including phenoxy) is 3. The number of nitrogens with one attached hydrogen (secondary N) is 2. The summed E-state index contributed by atoms with van der Waals surface area (Å²) < 4.78 is 32.2. The van der Waals surface area contributed by atoms with E-state index in [0.29, 0.717) is 42.0 Å². The van der Waals surface area contributed by atoms with Crippen molar-refractivity contribution in [3.05, 3.63) is 83.2 Å². The number of piperidine rings is 1. The number of benzene rings is 3. The van der Waals surface area contributed by atoms with Crippen molar-refractivity contribution < 1.29 is 33.0 Å². The molecule has 3 aliphatic rings. The third-order valence-electron chi connectivity index (χ3n) is 8.70. The van der Waals surface area contributed by atoms with Crippen LogP contribution in [0.2, 0.25) is 0 Å². The first kappa shape index (κ1) is 31.2. The lowest BCUT2D eigenvalue weighted by Gasteiger charge is -2.39. The number of methoxy groups -OCH3 is 1. The molecule has 2 atom stereocenters. The highest BCUT2D eigenvalue weighted by molar-refractivity contribution is 5.94. The number of anilines is 1. The fourth-order valence-corrected chi connectivity index (χ4v) is 6.26. The molecule has 3 heterocycles. The molecular weight excluding hydrogens is 591 g/mol. The zero-order valence-corrected chi connectivity index (χ0v) is 25.9. The van der Waals surface area contributed by atoms with Crippen molar-refractivity contribution in [1.29, 1.82) is 0 Å². The summed E-state index contributed by atoms with van der Waals surface area (Å²) >= 11 is 0. The first-order chi connectivity index (χ1) is 22.3. The molecule has 0 aromatic heterocycles. The number of hydrogen-bond donors (Lipinski definition) is 2. The van der Waals surface area contributed by atoms with E-state index >= 15 is 0 Å². The van der Waals surface area contributed by atoms with E-state index in [-0.39, 0.29) is 43.7 Å². The average molecular weight is 631 g/mol. The Labute approximate surface area is 267 Å². The Morgan fingerprint density at radius 1 is 0.935 bits per heavy atom. The maximum atomic E-state index is 14.6. The minimum absolute atomic E-state index is 0.133. The van der Waals surface area contributed by atoms with Crippen LogP contribution in [-0.4, -0.2) is 74.7 Å². The average Bonchev–Trinajstić information content (AvgIpc) is 3.61. The molecule has 6 rings (SSSR count). The third-order valence-corrected chi connectivity index (χ3v) is 8.70. The van der Waals surface area contributed by atoms with Gasteiger partial charge in [-0.05, 0) is 78.9 Å². The van der Waals surface area contributed by atoms with Crippen molar-refractivity contribution in [2.45, 2.75) is 50.8 Å². The van der Waals surface area contributed by atoms with E-state index in [2.05, 4.69) is 15.5 Å². The quantitative estimate of drug-likeness (QED) is 0.453. The molecule has 3 aromatic rings. The fourth-order valence-electron chi connectivity index (χ4n) is 6.26. The van der Waals surface area contributed by atoms with Crippen molar-refractivity contribution in [3.63, 3.8) is 0 Å². The second kappa shape index (κ2) is 14.1. The lowest BCUT2D eigenvalue weighted by Crippen LogP contribution is -2.58. The summed E-state index contributed by atoms with van der Waals surface area (Å²) in [5, 5.41) is 5.85. The highest BCUT2D eigenvalue weighted by atomic mass is 19.1. The van der Waals surface area contributed by atoms with E-state index < -0.39 is 23.9 Å². The second-order valence-electron chi connectivity index (χ2n) is 12.0. The lowest BCUT2D eigenvalue weighted by atomic mass is 10.00. The maximum absolute atomic E-state index is 14.6. The molecule has 2 N–H and O–H groups in total. The van der Waals surface area contributed by atoms with Crippen LogP contribution in [0.5, 0.6) is 17.2 Å². The Bertz CT molecular complexity index is 1580. The first-order valence-corrected chi connectivity index (χ1v) is 15.8. The highest BCUT2D eigenvalue weighted by Crippen LogP contribution is 2.29. The van der Waals surface area contributed by atoms with Gasteiger partial charge in [-0.3, -0.25) is 14.4 Å². The van der Waals surface area contributed by atoms with Gasteiger partial charge in [-0.1, -0.05) is 6.07 Å². The van der Waals surface area contributed by atoms with Gasteiger partial charge in [0.1, 0.15) is 17.7 Å². The van der Waals surface area contributed by atoms with Crippen LogP contribution in [0.25, 0.3) is 0 Å². The van der Waals surface area contributed by atoms with Gasteiger partial charge in [0.05, 0.1) is 13.2 Å². The number of hydrogen-bond acceptors (Lipinski definition) is 7. The predicted octanol–water partition coefficient (Wildman–Crippen LogP) is 3.85. The number of carbonyl (C=O) groups excluding carboxylic acids is 3. The minimum atomic E-state index is -0.601. The van der Waals surface area contributed by atoms with E-state index in [1.807, 2.05) is 30.3 Å². The Morgan fingerprint density at radius 2 is 1.74 bits per heavy atom. The summed E-state index contributed by atoms with van der Waals surface area (Å²) in [6, 6.07) is 16.7. The van der Waals surface area contributed by atoms with Crippen molar-refractivity contribution in [1.82, 2.24) is 15.5 Å². The molecule has 0 unspecified atom stereocenters. The molecule has 0 radical (unpaired) electrons. The number of rotatable bonds is 3. The number of nitrogens with zero attached hydrogens (tertiary/aromatic N) is 2. The van der Waals surface area contributed by atoms with Crippen molar-refractivity contribution >= 4 is 23.4 Å².